The Bertz CT molecular complexity index is 371. The first kappa shape index (κ1) is 16.8. The smallest absolute Gasteiger partial charge is 0.119 e. The number of hydrogen-bond acceptors (Lipinski definition) is 4. The molecular weight excluding hydrogens is 256 g/mol. The van der Waals surface area contributed by atoms with Crippen molar-refractivity contribution < 1.29 is 19.6 Å². The van der Waals surface area contributed by atoms with E-state index in [0.717, 1.165) is 24.5 Å². The molecule has 0 amide bonds. The van der Waals surface area contributed by atoms with E-state index in [1.54, 1.807) is 0 Å². The second kappa shape index (κ2) is 8.12. The van der Waals surface area contributed by atoms with Crippen molar-refractivity contribution in [2.45, 2.75) is 46.1 Å². The summed E-state index contributed by atoms with van der Waals surface area (Å²) in [4.78, 5) is 4.36. The van der Waals surface area contributed by atoms with E-state index < -0.39 is 5.60 Å². The van der Waals surface area contributed by atoms with E-state index in [4.69, 9.17) is 14.7 Å². The molecule has 0 atom stereocenters. The van der Waals surface area contributed by atoms with Crippen LogP contribution in [0.2, 0.25) is 0 Å². The van der Waals surface area contributed by atoms with Crippen LogP contribution in [0.15, 0.2) is 24.3 Å². The fraction of sp³-hybridized carbons (Fsp3) is 0.625. The molecule has 0 aliphatic carbocycles. The van der Waals surface area contributed by atoms with E-state index in [1.807, 2.05) is 38.1 Å². The Morgan fingerprint density at radius 3 is 1.95 bits per heavy atom. The number of hydrogen-bond donors (Lipinski definition) is 1. The van der Waals surface area contributed by atoms with Crippen LogP contribution in [-0.2, 0) is 4.89 Å². The summed E-state index contributed by atoms with van der Waals surface area (Å²) in [6.45, 7) is 9.20. The third kappa shape index (κ3) is 6.78. The summed E-state index contributed by atoms with van der Waals surface area (Å²) in [6.07, 6.45) is 1.66. The fourth-order valence-corrected chi connectivity index (χ4v) is 1.50. The molecule has 0 spiro atoms. The van der Waals surface area contributed by atoms with E-state index in [-0.39, 0.29) is 0 Å². The number of rotatable bonds is 9. The summed E-state index contributed by atoms with van der Waals surface area (Å²) in [5, 5.41) is 8.68. The predicted molar refractivity (Wildman–Crippen MR) is 79.3 cm³/mol. The zero-order valence-corrected chi connectivity index (χ0v) is 12.9. The van der Waals surface area contributed by atoms with Crippen molar-refractivity contribution in [2.24, 2.45) is 5.92 Å². The zero-order chi connectivity index (χ0) is 15.0. The molecule has 0 heterocycles. The molecule has 4 nitrogen and oxygen atoms in total. The maximum Gasteiger partial charge on any atom is 0.119 e. The molecule has 0 saturated carbocycles. The fourth-order valence-electron chi connectivity index (χ4n) is 1.50. The number of ether oxygens (including phenoxy) is 2. The minimum Gasteiger partial charge on any atom is -0.494 e. The van der Waals surface area contributed by atoms with Gasteiger partial charge in [-0.2, -0.15) is 0 Å². The first-order valence-corrected chi connectivity index (χ1v) is 7.11. The molecule has 114 valence electrons. The van der Waals surface area contributed by atoms with Crippen LogP contribution in [0.1, 0.15) is 40.5 Å². The van der Waals surface area contributed by atoms with Gasteiger partial charge < -0.3 is 9.47 Å². The highest BCUT2D eigenvalue weighted by Gasteiger charge is 2.18. The van der Waals surface area contributed by atoms with E-state index >= 15 is 0 Å². The normalized spacial score (nSPS) is 11.7. The summed E-state index contributed by atoms with van der Waals surface area (Å²) in [7, 11) is 0. The van der Waals surface area contributed by atoms with Gasteiger partial charge in [0.15, 0.2) is 0 Å². The van der Waals surface area contributed by atoms with Gasteiger partial charge in [0, 0.05) is 6.42 Å². The minimum absolute atomic E-state index is 0.487. The van der Waals surface area contributed by atoms with Crippen LogP contribution in [0.5, 0.6) is 11.5 Å². The lowest BCUT2D eigenvalue weighted by atomic mass is 10.1. The van der Waals surface area contributed by atoms with Crippen molar-refractivity contribution in [3.05, 3.63) is 24.3 Å². The monoisotopic (exact) mass is 282 g/mol. The molecule has 1 aromatic rings. The van der Waals surface area contributed by atoms with Crippen molar-refractivity contribution in [1.82, 2.24) is 0 Å². The van der Waals surface area contributed by atoms with Crippen LogP contribution in [-0.4, -0.2) is 24.1 Å². The molecule has 1 aromatic carbocycles. The zero-order valence-electron chi connectivity index (χ0n) is 12.9. The summed E-state index contributed by atoms with van der Waals surface area (Å²) < 4.78 is 11.2. The Kier molecular flexibility index (Phi) is 6.82. The molecule has 0 aliphatic rings. The third-order valence-corrected chi connectivity index (χ3v) is 3.01. The van der Waals surface area contributed by atoms with Gasteiger partial charge in [0.2, 0.25) is 0 Å². The molecule has 0 radical (unpaired) electrons. The van der Waals surface area contributed by atoms with Gasteiger partial charge >= 0.3 is 0 Å². The van der Waals surface area contributed by atoms with Crippen LogP contribution in [0.3, 0.4) is 0 Å². The second-order valence-corrected chi connectivity index (χ2v) is 5.95. The highest BCUT2D eigenvalue weighted by Crippen LogP contribution is 2.19. The average molecular weight is 282 g/mol. The van der Waals surface area contributed by atoms with Gasteiger partial charge in [-0.3, -0.25) is 5.26 Å². The van der Waals surface area contributed by atoms with Crippen molar-refractivity contribution in [2.75, 3.05) is 13.2 Å². The quantitative estimate of drug-likeness (QED) is 0.546. The van der Waals surface area contributed by atoms with Crippen LogP contribution >= 0.6 is 0 Å². The highest BCUT2D eigenvalue weighted by atomic mass is 17.1. The topological polar surface area (TPSA) is 47.9 Å². The molecule has 0 saturated heterocycles. The maximum atomic E-state index is 8.68. The van der Waals surface area contributed by atoms with Gasteiger partial charge in [0.1, 0.15) is 17.1 Å². The second-order valence-electron chi connectivity index (χ2n) is 5.95. The van der Waals surface area contributed by atoms with E-state index in [2.05, 4.69) is 18.7 Å². The first-order valence-electron chi connectivity index (χ1n) is 7.11. The van der Waals surface area contributed by atoms with E-state index in [9.17, 15) is 0 Å². The largest absolute Gasteiger partial charge is 0.494 e. The number of benzene rings is 1. The molecule has 0 aliphatic heterocycles. The molecular formula is C16H26O4. The minimum atomic E-state index is -0.583. The lowest BCUT2D eigenvalue weighted by Gasteiger charge is -2.20. The van der Waals surface area contributed by atoms with Crippen LogP contribution in [0.4, 0.5) is 0 Å². The van der Waals surface area contributed by atoms with Crippen molar-refractivity contribution in [3.8, 4) is 11.5 Å². The molecule has 0 bridgehead atoms. The summed E-state index contributed by atoms with van der Waals surface area (Å²) in [5.41, 5.74) is -0.583. The molecule has 0 aromatic heterocycles. The van der Waals surface area contributed by atoms with Crippen LogP contribution < -0.4 is 9.47 Å². The van der Waals surface area contributed by atoms with Gasteiger partial charge in [0.25, 0.3) is 0 Å². The SMILES string of the molecule is CC(C)CCOc1ccc(OCCC(C)(C)OO)cc1. The Morgan fingerprint density at radius 1 is 1.00 bits per heavy atom. The molecule has 0 unspecified atom stereocenters. The van der Waals surface area contributed by atoms with Gasteiger partial charge in [0.05, 0.1) is 13.2 Å². The lowest BCUT2D eigenvalue weighted by molar-refractivity contribution is -0.315. The summed E-state index contributed by atoms with van der Waals surface area (Å²) in [5.74, 6) is 2.29. The predicted octanol–water partition coefficient (Wildman–Crippen LogP) is 4.15. The third-order valence-electron chi connectivity index (χ3n) is 3.01. The molecule has 1 rings (SSSR count). The summed E-state index contributed by atoms with van der Waals surface area (Å²) in [6, 6.07) is 7.59. The van der Waals surface area contributed by atoms with Crippen molar-refractivity contribution >= 4 is 0 Å². The van der Waals surface area contributed by atoms with Gasteiger partial charge in [-0.25, -0.2) is 4.89 Å². The first-order chi connectivity index (χ1) is 9.43. The van der Waals surface area contributed by atoms with Gasteiger partial charge in [-0.1, -0.05) is 13.8 Å². The Morgan fingerprint density at radius 2 is 1.50 bits per heavy atom. The average Bonchev–Trinajstić information content (AvgIpc) is 2.40. The van der Waals surface area contributed by atoms with Crippen LogP contribution in [0.25, 0.3) is 0 Å². The standard InChI is InChI=1S/C16H26O4/c1-13(2)9-11-18-14-5-7-15(8-6-14)19-12-10-16(3,4)20-17/h5-8,13,17H,9-12H2,1-4H3. The van der Waals surface area contributed by atoms with Crippen molar-refractivity contribution in [3.63, 3.8) is 0 Å². The molecule has 20 heavy (non-hydrogen) atoms. The Balaban J connectivity index is 2.31. The van der Waals surface area contributed by atoms with Crippen molar-refractivity contribution in [1.29, 1.82) is 0 Å². The molecule has 0 fully saturated rings. The molecule has 4 heteroatoms. The van der Waals surface area contributed by atoms with Gasteiger partial charge in [-0.15, -0.1) is 0 Å². The van der Waals surface area contributed by atoms with E-state index in [1.165, 1.54) is 0 Å². The lowest BCUT2D eigenvalue weighted by Crippen LogP contribution is -2.25. The molecule has 1 N–H and O–H groups in total. The highest BCUT2D eigenvalue weighted by molar-refractivity contribution is 5.31. The Labute approximate surface area is 121 Å². The van der Waals surface area contributed by atoms with Crippen LogP contribution in [0, 0.1) is 5.92 Å². The summed E-state index contributed by atoms with van der Waals surface area (Å²) >= 11 is 0. The van der Waals surface area contributed by atoms with E-state index in [0.29, 0.717) is 18.9 Å². The Hall–Kier alpha value is -1.26. The van der Waals surface area contributed by atoms with Gasteiger partial charge in [-0.05, 0) is 50.5 Å². The maximum absolute atomic E-state index is 8.68.